The Balaban J connectivity index is 1.97. The number of nitrogens with zero attached hydrogens (tertiary/aromatic N) is 1. The fraction of sp³-hybridized carbons (Fsp3) is 0.684. The summed E-state index contributed by atoms with van der Waals surface area (Å²) in [5, 5.41) is 0. The molecule has 0 spiro atoms. The molecule has 1 aliphatic rings. The van der Waals surface area contributed by atoms with Crippen LogP contribution in [-0.4, -0.2) is 19.1 Å². The Kier molecular flexibility index (Phi) is 6.10. The van der Waals surface area contributed by atoms with Gasteiger partial charge in [0.25, 0.3) is 0 Å². The number of nitrogens with two attached hydrogens (primary N) is 1. The SMILES string of the molecule is CCCC1CCN(c2ccc(CC(N)CC)c(C)c2)CC1. The average Bonchev–Trinajstić information content (AvgIpc) is 2.50. The lowest BCUT2D eigenvalue weighted by molar-refractivity contribution is 0.378. The molecule has 1 saturated heterocycles. The molecule has 0 aromatic heterocycles. The van der Waals surface area contributed by atoms with Gasteiger partial charge in [0.15, 0.2) is 0 Å². The van der Waals surface area contributed by atoms with E-state index >= 15 is 0 Å². The van der Waals surface area contributed by atoms with E-state index in [1.807, 2.05) is 0 Å². The van der Waals surface area contributed by atoms with Crippen molar-refractivity contribution in [2.75, 3.05) is 18.0 Å². The fourth-order valence-corrected chi connectivity index (χ4v) is 3.42. The number of hydrogen-bond donors (Lipinski definition) is 1. The first-order valence-corrected chi connectivity index (χ1v) is 8.74. The second kappa shape index (κ2) is 7.84. The predicted octanol–water partition coefficient (Wildman–Crippen LogP) is 4.29. The summed E-state index contributed by atoms with van der Waals surface area (Å²) < 4.78 is 0. The molecule has 2 rings (SSSR count). The molecule has 0 amide bonds. The Bertz CT molecular complexity index is 433. The van der Waals surface area contributed by atoms with Gasteiger partial charge in [-0.1, -0.05) is 32.8 Å². The maximum atomic E-state index is 6.09. The molecule has 118 valence electrons. The first-order valence-electron chi connectivity index (χ1n) is 8.74. The van der Waals surface area contributed by atoms with Crippen molar-refractivity contribution in [1.29, 1.82) is 0 Å². The van der Waals surface area contributed by atoms with Crippen LogP contribution < -0.4 is 10.6 Å². The number of aryl methyl sites for hydroxylation is 1. The van der Waals surface area contributed by atoms with Crippen molar-refractivity contribution in [2.45, 2.75) is 65.3 Å². The molecule has 21 heavy (non-hydrogen) atoms. The molecule has 0 radical (unpaired) electrons. The minimum atomic E-state index is 0.291. The van der Waals surface area contributed by atoms with Gasteiger partial charge in [0.05, 0.1) is 0 Å². The van der Waals surface area contributed by atoms with Crippen LogP contribution >= 0.6 is 0 Å². The van der Waals surface area contributed by atoms with Crippen LogP contribution in [-0.2, 0) is 6.42 Å². The van der Waals surface area contributed by atoms with Gasteiger partial charge in [0.1, 0.15) is 0 Å². The molecule has 1 fully saturated rings. The van der Waals surface area contributed by atoms with Crippen molar-refractivity contribution in [1.82, 2.24) is 0 Å². The minimum absolute atomic E-state index is 0.291. The topological polar surface area (TPSA) is 29.3 Å². The number of benzene rings is 1. The van der Waals surface area contributed by atoms with Gasteiger partial charge in [-0.15, -0.1) is 0 Å². The highest BCUT2D eigenvalue weighted by Crippen LogP contribution is 2.27. The van der Waals surface area contributed by atoms with E-state index < -0.39 is 0 Å². The minimum Gasteiger partial charge on any atom is -0.372 e. The van der Waals surface area contributed by atoms with Crippen LogP contribution in [0.25, 0.3) is 0 Å². The molecule has 1 aromatic carbocycles. The van der Waals surface area contributed by atoms with Crippen LogP contribution in [0.3, 0.4) is 0 Å². The van der Waals surface area contributed by atoms with Gasteiger partial charge >= 0.3 is 0 Å². The normalized spacial score (nSPS) is 18.0. The van der Waals surface area contributed by atoms with Gasteiger partial charge < -0.3 is 10.6 Å². The van der Waals surface area contributed by atoms with E-state index in [4.69, 9.17) is 5.73 Å². The molecule has 0 saturated carbocycles. The molecule has 2 heteroatoms. The third-order valence-corrected chi connectivity index (χ3v) is 5.01. The molecular formula is C19H32N2. The number of piperidine rings is 1. The highest BCUT2D eigenvalue weighted by atomic mass is 15.1. The molecule has 2 nitrogen and oxygen atoms in total. The van der Waals surface area contributed by atoms with Crippen molar-refractivity contribution < 1.29 is 0 Å². The highest BCUT2D eigenvalue weighted by molar-refractivity contribution is 5.51. The van der Waals surface area contributed by atoms with E-state index in [0.29, 0.717) is 6.04 Å². The summed E-state index contributed by atoms with van der Waals surface area (Å²) in [5.74, 6) is 0.953. The van der Waals surface area contributed by atoms with Crippen molar-refractivity contribution in [3.63, 3.8) is 0 Å². The lowest BCUT2D eigenvalue weighted by Gasteiger charge is -2.34. The van der Waals surface area contributed by atoms with E-state index in [1.165, 1.54) is 55.6 Å². The molecule has 0 bridgehead atoms. The molecule has 1 atom stereocenters. The number of anilines is 1. The largest absolute Gasteiger partial charge is 0.372 e. The van der Waals surface area contributed by atoms with Crippen LogP contribution in [0.5, 0.6) is 0 Å². The lowest BCUT2D eigenvalue weighted by Crippen LogP contribution is -2.33. The van der Waals surface area contributed by atoms with Gasteiger partial charge in [-0.25, -0.2) is 0 Å². The van der Waals surface area contributed by atoms with Crippen LogP contribution in [0, 0.1) is 12.8 Å². The van der Waals surface area contributed by atoms with Crippen molar-refractivity contribution >= 4 is 5.69 Å². The summed E-state index contributed by atoms with van der Waals surface area (Å²) in [7, 11) is 0. The zero-order valence-corrected chi connectivity index (χ0v) is 14.1. The lowest BCUT2D eigenvalue weighted by atomic mass is 9.92. The van der Waals surface area contributed by atoms with Gasteiger partial charge in [0.2, 0.25) is 0 Å². The molecule has 2 N–H and O–H groups in total. The molecule has 1 unspecified atom stereocenters. The van der Waals surface area contributed by atoms with Crippen LogP contribution in [0.15, 0.2) is 18.2 Å². The Labute approximate surface area is 130 Å². The van der Waals surface area contributed by atoms with Gasteiger partial charge in [-0.05, 0) is 61.8 Å². The summed E-state index contributed by atoms with van der Waals surface area (Å²) in [6.45, 7) is 9.13. The van der Waals surface area contributed by atoms with E-state index in [2.05, 4.69) is 43.9 Å². The monoisotopic (exact) mass is 288 g/mol. The fourth-order valence-electron chi connectivity index (χ4n) is 3.42. The maximum absolute atomic E-state index is 6.09. The Morgan fingerprint density at radius 2 is 1.95 bits per heavy atom. The quantitative estimate of drug-likeness (QED) is 0.846. The van der Waals surface area contributed by atoms with Gasteiger partial charge in [0, 0.05) is 24.8 Å². The van der Waals surface area contributed by atoms with Crippen LogP contribution in [0.4, 0.5) is 5.69 Å². The number of hydrogen-bond acceptors (Lipinski definition) is 2. The second-order valence-corrected chi connectivity index (χ2v) is 6.70. The standard InChI is InChI=1S/C19H32N2/c1-4-6-16-9-11-21(12-10-16)19-8-7-17(15(3)13-19)14-18(20)5-2/h7-8,13,16,18H,4-6,9-12,14,20H2,1-3H3. The van der Waals surface area contributed by atoms with Crippen LogP contribution in [0.2, 0.25) is 0 Å². The molecule has 0 aliphatic carbocycles. The summed E-state index contributed by atoms with van der Waals surface area (Å²) in [6.07, 6.45) is 7.49. The third-order valence-electron chi connectivity index (χ3n) is 5.01. The third kappa shape index (κ3) is 4.47. The Morgan fingerprint density at radius 3 is 2.52 bits per heavy atom. The van der Waals surface area contributed by atoms with Crippen LogP contribution in [0.1, 0.15) is 57.1 Å². The van der Waals surface area contributed by atoms with Crippen molar-refractivity contribution in [2.24, 2.45) is 11.7 Å². The molecular weight excluding hydrogens is 256 g/mol. The van der Waals surface area contributed by atoms with Crippen molar-refractivity contribution in [3.05, 3.63) is 29.3 Å². The highest BCUT2D eigenvalue weighted by Gasteiger charge is 2.19. The summed E-state index contributed by atoms with van der Waals surface area (Å²) >= 11 is 0. The first kappa shape index (κ1) is 16.4. The summed E-state index contributed by atoms with van der Waals surface area (Å²) in [6, 6.07) is 7.24. The average molecular weight is 288 g/mol. The number of rotatable bonds is 6. The summed E-state index contributed by atoms with van der Waals surface area (Å²) in [5.41, 5.74) is 10.3. The first-order chi connectivity index (χ1) is 10.1. The molecule has 1 aromatic rings. The zero-order valence-electron chi connectivity index (χ0n) is 14.1. The van der Waals surface area contributed by atoms with E-state index in [-0.39, 0.29) is 0 Å². The van der Waals surface area contributed by atoms with Crippen molar-refractivity contribution in [3.8, 4) is 0 Å². The smallest absolute Gasteiger partial charge is 0.0369 e. The Hall–Kier alpha value is -1.02. The molecule has 1 aliphatic heterocycles. The maximum Gasteiger partial charge on any atom is 0.0369 e. The van der Waals surface area contributed by atoms with E-state index in [9.17, 15) is 0 Å². The van der Waals surface area contributed by atoms with E-state index in [1.54, 1.807) is 0 Å². The molecule has 1 heterocycles. The van der Waals surface area contributed by atoms with Gasteiger partial charge in [-0.3, -0.25) is 0 Å². The predicted molar refractivity (Wildman–Crippen MR) is 93.0 cm³/mol. The van der Waals surface area contributed by atoms with E-state index in [0.717, 1.165) is 18.8 Å². The summed E-state index contributed by atoms with van der Waals surface area (Å²) in [4.78, 5) is 2.56. The zero-order chi connectivity index (χ0) is 15.2. The Morgan fingerprint density at radius 1 is 1.24 bits per heavy atom. The van der Waals surface area contributed by atoms with Gasteiger partial charge in [-0.2, -0.15) is 0 Å². The second-order valence-electron chi connectivity index (χ2n) is 6.70.